The van der Waals surface area contributed by atoms with Crippen molar-refractivity contribution in [3.8, 4) is 0 Å². The number of nitrogens with zero attached hydrogens (tertiary/aromatic N) is 1. The molecule has 0 saturated heterocycles. The highest BCUT2D eigenvalue weighted by Gasteiger charge is 2.34. The zero-order valence-corrected chi connectivity index (χ0v) is 13.5. The average molecular weight is 330 g/mol. The van der Waals surface area contributed by atoms with E-state index in [-0.39, 0.29) is 18.9 Å². The van der Waals surface area contributed by atoms with Gasteiger partial charge in [-0.3, -0.25) is 9.10 Å². The van der Waals surface area contributed by atoms with E-state index in [0.29, 0.717) is 23.5 Å². The SMILES string of the molecule is C=CCNC(=O)CCCN1c2cccc3cccc(c23)S1(=O)=O. The van der Waals surface area contributed by atoms with Crippen LogP contribution in [0.1, 0.15) is 12.8 Å². The molecule has 1 amide bonds. The monoisotopic (exact) mass is 330 g/mol. The fourth-order valence-electron chi connectivity index (χ4n) is 2.86. The van der Waals surface area contributed by atoms with E-state index in [1.165, 1.54) is 4.31 Å². The largest absolute Gasteiger partial charge is 0.353 e. The summed E-state index contributed by atoms with van der Waals surface area (Å²) >= 11 is 0. The number of amides is 1. The number of benzene rings is 2. The van der Waals surface area contributed by atoms with Crippen molar-refractivity contribution >= 4 is 32.4 Å². The zero-order chi connectivity index (χ0) is 16.4. The fourth-order valence-corrected chi connectivity index (χ4v) is 4.61. The molecule has 0 radical (unpaired) electrons. The normalized spacial score (nSPS) is 14.9. The summed E-state index contributed by atoms with van der Waals surface area (Å²) in [6.45, 7) is 4.25. The number of sulfonamides is 1. The van der Waals surface area contributed by atoms with E-state index in [1.807, 2.05) is 24.3 Å². The molecule has 3 rings (SSSR count). The number of nitrogens with one attached hydrogen (secondary N) is 1. The predicted molar refractivity (Wildman–Crippen MR) is 90.9 cm³/mol. The van der Waals surface area contributed by atoms with E-state index in [9.17, 15) is 13.2 Å². The maximum absolute atomic E-state index is 12.7. The Morgan fingerprint density at radius 2 is 1.96 bits per heavy atom. The van der Waals surface area contributed by atoms with Crippen molar-refractivity contribution in [2.75, 3.05) is 17.4 Å². The molecule has 0 spiro atoms. The topological polar surface area (TPSA) is 66.5 Å². The van der Waals surface area contributed by atoms with Gasteiger partial charge in [-0.15, -0.1) is 6.58 Å². The molecule has 0 fully saturated rings. The minimum absolute atomic E-state index is 0.0998. The van der Waals surface area contributed by atoms with Crippen molar-refractivity contribution in [3.63, 3.8) is 0 Å². The van der Waals surface area contributed by atoms with Gasteiger partial charge >= 0.3 is 0 Å². The van der Waals surface area contributed by atoms with Crippen molar-refractivity contribution in [1.82, 2.24) is 5.32 Å². The van der Waals surface area contributed by atoms with Gasteiger partial charge in [0.1, 0.15) is 0 Å². The Balaban J connectivity index is 1.81. The van der Waals surface area contributed by atoms with Gasteiger partial charge in [0.05, 0.1) is 10.6 Å². The van der Waals surface area contributed by atoms with Crippen LogP contribution in [-0.4, -0.2) is 27.4 Å². The lowest BCUT2D eigenvalue weighted by molar-refractivity contribution is -0.120. The maximum atomic E-state index is 12.7. The minimum Gasteiger partial charge on any atom is -0.353 e. The van der Waals surface area contributed by atoms with Gasteiger partial charge in [0.15, 0.2) is 0 Å². The summed E-state index contributed by atoms with van der Waals surface area (Å²) in [6, 6.07) is 10.9. The summed E-state index contributed by atoms with van der Waals surface area (Å²) in [7, 11) is -3.53. The summed E-state index contributed by atoms with van der Waals surface area (Å²) < 4.78 is 26.9. The van der Waals surface area contributed by atoms with Crippen LogP contribution in [0.4, 0.5) is 5.69 Å². The van der Waals surface area contributed by atoms with E-state index in [4.69, 9.17) is 0 Å². The second kappa shape index (κ2) is 6.04. The predicted octanol–water partition coefficient (Wildman–Crippen LogP) is 2.43. The molecule has 0 bridgehead atoms. The van der Waals surface area contributed by atoms with Crippen LogP contribution in [0.3, 0.4) is 0 Å². The van der Waals surface area contributed by atoms with Crippen LogP contribution in [-0.2, 0) is 14.8 Å². The number of carbonyl (C=O) groups is 1. The Hall–Kier alpha value is -2.34. The highest BCUT2D eigenvalue weighted by atomic mass is 32.2. The van der Waals surface area contributed by atoms with Crippen LogP contribution in [0.15, 0.2) is 53.9 Å². The number of carbonyl (C=O) groups excluding carboxylic acids is 1. The molecule has 0 saturated carbocycles. The van der Waals surface area contributed by atoms with Gasteiger partial charge < -0.3 is 5.32 Å². The Morgan fingerprint density at radius 1 is 1.22 bits per heavy atom. The summed E-state index contributed by atoms with van der Waals surface area (Å²) in [6.07, 6.45) is 2.36. The summed E-state index contributed by atoms with van der Waals surface area (Å²) in [4.78, 5) is 12.0. The van der Waals surface area contributed by atoms with Crippen LogP contribution in [0, 0.1) is 0 Å². The highest BCUT2D eigenvalue weighted by Crippen LogP contribution is 2.41. The van der Waals surface area contributed by atoms with E-state index >= 15 is 0 Å². The summed E-state index contributed by atoms with van der Waals surface area (Å²) in [5, 5.41) is 4.37. The lowest BCUT2D eigenvalue weighted by Gasteiger charge is -2.18. The highest BCUT2D eigenvalue weighted by molar-refractivity contribution is 7.93. The molecule has 5 nitrogen and oxygen atoms in total. The molecular weight excluding hydrogens is 312 g/mol. The molecule has 0 aromatic heterocycles. The summed E-state index contributed by atoms with van der Waals surface area (Å²) in [5.41, 5.74) is 0.699. The van der Waals surface area contributed by atoms with Gasteiger partial charge in [0, 0.05) is 24.9 Å². The van der Waals surface area contributed by atoms with Crippen LogP contribution in [0.2, 0.25) is 0 Å². The van der Waals surface area contributed by atoms with Gasteiger partial charge in [-0.2, -0.15) is 0 Å². The molecule has 0 aliphatic carbocycles. The fraction of sp³-hybridized carbons (Fsp3) is 0.235. The van der Waals surface area contributed by atoms with Crippen LogP contribution in [0.5, 0.6) is 0 Å². The Kier molecular flexibility index (Phi) is 4.09. The Morgan fingerprint density at radius 3 is 2.70 bits per heavy atom. The van der Waals surface area contributed by atoms with Crippen LogP contribution < -0.4 is 9.62 Å². The van der Waals surface area contributed by atoms with Crippen LogP contribution >= 0.6 is 0 Å². The minimum atomic E-state index is -3.53. The first-order valence-electron chi connectivity index (χ1n) is 7.48. The second-order valence-corrected chi connectivity index (χ2v) is 7.24. The number of rotatable bonds is 6. The zero-order valence-electron chi connectivity index (χ0n) is 12.7. The van der Waals surface area contributed by atoms with Crippen molar-refractivity contribution in [3.05, 3.63) is 49.1 Å². The van der Waals surface area contributed by atoms with Crippen molar-refractivity contribution < 1.29 is 13.2 Å². The first kappa shape index (κ1) is 15.6. The van der Waals surface area contributed by atoms with Gasteiger partial charge in [-0.05, 0) is 23.9 Å². The standard InChI is InChI=1S/C17H18N2O3S/c1-2-11-18-16(20)10-5-12-19-14-8-3-6-13-7-4-9-15(17(13)14)23(19,21)22/h2-4,6-9H,1,5,10-12H2,(H,18,20). The lowest BCUT2D eigenvalue weighted by Crippen LogP contribution is -2.30. The smallest absolute Gasteiger partial charge is 0.265 e. The van der Waals surface area contributed by atoms with E-state index < -0.39 is 10.0 Å². The molecule has 1 heterocycles. The van der Waals surface area contributed by atoms with Gasteiger partial charge in [0.25, 0.3) is 10.0 Å². The number of hydrogen-bond acceptors (Lipinski definition) is 3. The Labute approximate surface area is 135 Å². The van der Waals surface area contributed by atoms with E-state index in [1.54, 1.807) is 18.2 Å². The number of hydrogen-bond donors (Lipinski definition) is 1. The molecule has 120 valence electrons. The summed E-state index contributed by atoms with van der Waals surface area (Å²) in [5.74, 6) is -0.0998. The molecule has 23 heavy (non-hydrogen) atoms. The molecule has 1 N–H and O–H groups in total. The van der Waals surface area contributed by atoms with Crippen molar-refractivity contribution in [1.29, 1.82) is 0 Å². The first-order chi connectivity index (χ1) is 11.1. The van der Waals surface area contributed by atoms with Crippen molar-refractivity contribution in [2.45, 2.75) is 17.7 Å². The van der Waals surface area contributed by atoms with E-state index in [0.717, 1.165) is 10.8 Å². The molecular formula is C17H18N2O3S. The van der Waals surface area contributed by atoms with E-state index in [2.05, 4.69) is 11.9 Å². The van der Waals surface area contributed by atoms with Gasteiger partial charge in [-0.25, -0.2) is 8.42 Å². The molecule has 0 atom stereocenters. The lowest BCUT2D eigenvalue weighted by atomic mass is 10.1. The first-order valence-corrected chi connectivity index (χ1v) is 8.92. The van der Waals surface area contributed by atoms with Crippen LogP contribution in [0.25, 0.3) is 10.8 Å². The molecule has 2 aromatic rings. The molecule has 1 aliphatic rings. The molecule has 6 heteroatoms. The maximum Gasteiger partial charge on any atom is 0.265 e. The average Bonchev–Trinajstić information content (AvgIpc) is 2.76. The molecule has 1 aliphatic heterocycles. The third kappa shape index (κ3) is 2.70. The molecule has 0 unspecified atom stereocenters. The molecule has 2 aromatic carbocycles. The number of anilines is 1. The second-order valence-electron chi connectivity index (χ2n) is 5.40. The third-order valence-corrected chi connectivity index (χ3v) is 5.75. The van der Waals surface area contributed by atoms with Gasteiger partial charge in [-0.1, -0.05) is 30.3 Å². The third-order valence-electron chi connectivity index (χ3n) is 3.89. The van der Waals surface area contributed by atoms with Crippen molar-refractivity contribution in [2.24, 2.45) is 0 Å². The Bertz CT molecular complexity index is 869. The quantitative estimate of drug-likeness (QED) is 0.827. The van der Waals surface area contributed by atoms with Gasteiger partial charge in [0.2, 0.25) is 5.91 Å².